The van der Waals surface area contributed by atoms with Crippen LogP contribution in [-0.2, 0) is 0 Å². The summed E-state index contributed by atoms with van der Waals surface area (Å²) < 4.78 is 0. The Kier molecular flexibility index (Phi) is 3.38. The lowest BCUT2D eigenvalue weighted by Crippen LogP contribution is -1.92. The highest BCUT2D eigenvalue weighted by atomic mass is 15.3. The summed E-state index contributed by atoms with van der Waals surface area (Å²) in [6, 6.07) is 7.29. The zero-order valence-electron chi connectivity index (χ0n) is 7.57. The van der Waals surface area contributed by atoms with Gasteiger partial charge < -0.3 is 0 Å². The Labute approximate surface area is 80.4 Å². The molecule has 1 rings (SSSR count). The summed E-state index contributed by atoms with van der Waals surface area (Å²) in [5, 5.41) is 6.81. The van der Waals surface area contributed by atoms with Gasteiger partial charge in [0.15, 0.2) is 0 Å². The highest BCUT2D eigenvalue weighted by Crippen LogP contribution is 2.22. The SMILES string of the molecule is Cc1ccccc1C(N=[N+]=[N-])N=[N+]=[N-]. The Balaban J connectivity index is 3.17. The highest BCUT2D eigenvalue weighted by Gasteiger charge is 2.08. The van der Waals surface area contributed by atoms with Crippen LogP contribution in [0.1, 0.15) is 17.3 Å². The van der Waals surface area contributed by atoms with Gasteiger partial charge in [0, 0.05) is 9.82 Å². The van der Waals surface area contributed by atoms with Gasteiger partial charge in [-0.15, -0.1) is 0 Å². The second-order valence-electron chi connectivity index (χ2n) is 2.64. The quantitative estimate of drug-likeness (QED) is 0.393. The van der Waals surface area contributed by atoms with Crippen LogP contribution >= 0.6 is 0 Å². The smallest absolute Gasteiger partial charge is 0.0798 e. The minimum atomic E-state index is -0.800. The van der Waals surface area contributed by atoms with Gasteiger partial charge in [-0.2, -0.15) is 0 Å². The van der Waals surface area contributed by atoms with Crippen molar-refractivity contribution in [3.05, 3.63) is 56.3 Å². The molecule has 0 aliphatic carbocycles. The molecule has 14 heavy (non-hydrogen) atoms. The minimum absolute atomic E-state index is 0.725. The molecule has 0 radical (unpaired) electrons. The van der Waals surface area contributed by atoms with Crippen LogP contribution in [0.15, 0.2) is 34.5 Å². The lowest BCUT2D eigenvalue weighted by atomic mass is 10.1. The maximum atomic E-state index is 8.29. The van der Waals surface area contributed by atoms with E-state index < -0.39 is 6.17 Å². The van der Waals surface area contributed by atoms with Crippen molar-refractivity contribution in [1.29, 1.82) is 0 Å². The van der Waals surface area contributed by atoms with E-state index in [1.165, 1.54) is 0 Å². The first-order chi connectivity index (χ1) is 6.79. The van der Waals surface area contributed by atoms with Crippen LogP contribution in [-0.4, -0.2) is 0 Å². The molecular weight excluding hydrogens is 180 g/mol. The molecule has 0 atom stereocenters. The van der Waals surface area contributed by atoms with Crippen LogP contribution in [0.5, 0.6) is 0 Å². The van der Waals surface area contributed by atoms with Gasteiger partial charge >= 0.3 is 0 Å². The summed E-state index contributed by atoms with van der Waals surface area (Å²) >= 11 is 0. The largest absolute Gasteiger partial charge is 0.141 e. The van der Waals surface area contributed by atoms with Crippen LogP contribution in [0.3, 0.4) is 0 Å². The molecule has 1 aromatic rings. The third-order valence-corrected chi connectivity index (χ3v) is 1.79. The van der Waals surface area contributed by atoms with Crippen LogP contribution in [0.4, 0.5) is 0 Å². The van der Waals surface area contributed by atoms with Crippen molar-refractivity contribution in [2.24, 2.45) is 10.2 Å². The van der Waals surface area contributed by atoms with E-state index >= 15 is 0 Å². The molecule has 0 fully saturated rings. The Bertz CT molecular complexity index is 396. The number of aryl methyl sites for hydroxylation is 1. The van der Waals surface area contributed by atoms with Gasteiger partial charge in [0.25, 0.3) is 0 Å². The van der Waals surface area contributed by atoms with Crippen LogP contribution in [0.2, 0.25) is 0 Å². The molecule has 0 amide bonds. The van der Waals surface area contributed by atoms with Gasteiger partial charge in [0.1, 0.15) is 6.17 Å². The molecule has 0 bridgehead atoms. The van der Waals surface area contributed by atoms with Crippen LogP contribution in [0, 0.1) is 6.92 Å². The van der Waals surface area contributed by atoms with Crippen LogP contribution < -0.4 is 0 Å². The Morgan fingerprint density at radius 2 is 1.71 bits per heavy atom. The van der Waals surface area contributed by atoms with E-state index in [-0.39, 0.29) is 0 Å². The first-order valence-electron chi connectivity index (χ1n) is 3.93. The van der Waals surface area contributed by atoms with Crippen molar-refractivity contribution < 1.29 is 0 Å². The van der Waals surface area contributed by atoms with Gasteiger partial charge in [0.2, 0.25) is 0 Å². The number of hydrogen-bond acceptors (Lipinski definition) is 2. The van der Waals surface area contributed by atoms with Gasteiger partial charge in [-0.3, -0.25) is 0 Å². The summed E-state index contributed by atoms with van der Waals surface area (Å²) in [6.45, 7) is 1.86. The highest BCUT2D eigenvalue weighted by molar-refractivity contribution is 5.28. The van der Waals surface area contributed by atoms with E-state index in [4.69, 9.17) is 11.1 Å². The fraction of sp³-hybridized carbons (Fsp3) is 0.250. The molecule has 1 aromatic carbocycles. The molecule has 6 heteroatoms. The summed E-state index contributed by atoms with van der Waals surface area (Å²) in [5.74, 6) is 0. The van der Waals surface area contributed by atoms with Gasteiger partial charge in [-0.1, -0.05) is 34.5 Å². The second kappa shape index (κ2) is 4.77. The molecule has 6 nitrogen and oxygen atoms in total. The van der Waals surface area contributed by atoms with Gasteiger partial charge in [-0.05, 0) is 29.1 Å². The number of azide groups is 1. The Morgan fingerprint density at radius 1 is 1.14 bits per heavy atom. The van der Waals surface area contributed by atoms with Gasteiger partial charge in [-0.25, -0.2) is 0 Å². The standard InChI is InChI=1S/C8H8N6/c1-6-4-2-3-5-7(6)8(11-13-9)12-14-10/h2-5,8H,1H3. The fourth-order valence-electron chi connectivity index (χ4n) is 1.12. The number of hydrogen-bond donors (Lipinski definition) is 0. The fourth-order valence-corrected chi connectivity index (χ4v) is 1.12. The zero-order chi connectivity index (χ0) is 10.4. The van der Waals surface area contributed by atoms with Crippen molar-refractivity contribution in [3.63, 3.8) is 0 Å². The predicted octanol–water partition coefficient (Wildman–Crippen LogP) is 3.61. The maximum Gasteiger partial charge on any atom is 0.141 e. The Morgan fingerprint density at radius 3 is 2.21 bits per heavy atom. The Hall–Kier alpha value is -2.16. The molecule has 0 aliphatic rings. The number of nitrogens with zero attached hydrogens (tertiary/aromatic N) is 6. The molecule has 0 unspecified atom stereocenters. The minimum Gasteiger partial charge on any atom is -0.0798 e. The van der Waals surface area contributed by atoms with Crippen molar-refractivity contribution in [3.8, 4) is 0 Å². The molecule has 0 heterocycles. The molecular formula is C8H8N6. The summed E-state index contributed by atoms with van der Waals surface area (Å²) in [7, 11) is 0. The summed E-state index contributed by atoms with van der Waals surface area (Å²) in [6.07, 6.45) is -0.800. The van der Waals surface area contributed by atoms with E-state index in [1.54, 1.807) is 12.1 Å². The van der Waals surface area contributed by atoms with E-state index in [0.29, 0.717) is 0 Å². The average molecular weight is 188 g/mol. The number of rotatable bonds is 3. The van der Waals surface area contributed by atoms with Gasteiger partial charge in [0.05, 0.1) is 0 Å². The molecule has 0 aromatic heterocycles. The topological polar surface area (TPSA) is 97.5 Å². The first-order valence-corrected chi connectivity index (χ1v) is 3.93. The predicted molar refractivity (Wildman–Crippen MR) is 52.2 cm³/mol. The van der Waals surface area contributed by atoms with E-state index in [9.17, 15) is 0 Å². The maximum absolute atomic E-state index is 8.29. The van der Waals surface area contributed by atoms with Crippen LogP contribution in [0.25, 0.3) is 20.9 Å². The zero-order valence-corrected chi connectivity index (χ0v) is 7.57. The lowest BCUT2D eigenvalue weighted by Gasteiger charge is -2.07. The normalized spacial score (nSPS) is 10.9. The lowest BCUT2D eigenvalue weighted by molar-refractivity contribution is 0.750. The first kappa shape index (κ1) is 9.92. The molecule has 0 saturated heterocycles. The van der Waals surface area contributed by atoms with Crippen molar-refractivity contribution in [1.82, 2.24) is 0 Å². The molecule has 70 valence electrons. The van der Waals surface area contributed by atoms with E-state index in [1.807, 2.05) is 19.1 Å². The third kappa shape index (κ3) is 2.17. The summed E-state index contributed by atoms with van der Waals surface area (Å²) in [5.41, 5.74) is 18.2. The van der Waals surface area contributed by atoms with Crippen molar-refractivity contribution in [2.75, 3.05) is 0 Å². The van der Waals surface area contributed by atoms with E-state index in [0.717, 1.165) is 11.1 Å². The number of benzene rings is 1. The van der Waals surface area contributed by atoms with E-state index in [2.05, 4.69) is 20.1 Å². The average Bonchev–Trinajstić information content (AvgIpc) is 2.18. The molecule has 0 N–H and O–H groups in total. The van der Waals surface area contributed by atoms with Crippen molar-refractivity contribution >= 4 is 0 Å². The van der Waals surface area contributed by atoms with Crippen molar-refractivity contribution in [2.45, 2.75) is 13.1 Å². The monoisotopic (exact) mass is 188 g/mol. The molecule has 0 aliphatic heterocycles. The third-order valence-electron chi connectivity index (χ3n) is 1.79. The second-order valence-corrected chi connectivity index (χ2v) is 2.64. The molecule has 0 saturated carbocycles. The summed E-state index contributed by atoms with van der Waals surface area (Å²) in [4.78, 5) is 5.26. The molecule has 0 spiro atoms.